The Labute approximate surface area is 96.8 Å². The number of aliphatic hydroxyl groups is 1. The van der Waals surface area contributed by atoms with Gasteiger partial charge in [0.1, 0.15) is 0 Å². The van der Waals surface area contributed by atoms with Crippen LogP contribution in [0.3, 0.4) is 0 Å². The van der Waals surface area contributed by atoms with Gasteiger partial charge in [-0.15, -0.1) is 0 Å². The fourth-order valence-electron chi connectivity index (χ4n) is 1.76. The van der Waals surface area contributed by atoms with E-state index in [9.17, 15) is 4.79 Å². The van der Waals surface area contributed by atoms with Crippen molar-refractivity contribution in [1.29, 1.82) is 0 Å². The first-order valence-corrected chi connectivity index (χ1v) is 6.01. The van der Waals surface area contributed by atoms with Gasteiger partial charge in [-0.3, -0.25) is 4.79 Å². The third-order valence-corrected chi connectivity index (χ3v) is 2.64. The normalized spacial score (nSPS) is 16.4. The Kier molecular flexibility index (Phi) is 7.12. The van der Waals surface area contributed by atoms with Crippen LogP contribution in [0.25, 0.3) is 0 Å². The molecule has 0 aromatic rings. The van der Waals surface area contributed by atoms with E-state index in [0.717, 1.165) is 25.9 Å². The Balaban J connectivity index is 1.97. The van der Waals surface area contributed by atoms with Crippen molar-refractivity contribution in [3.63, 3.8) is 0 Å². The molecule has 0 aliphatic carbocycles. The number of ether oxygens (including phenoxy) is 1. The average Bonchev–Trinajstić information content (AvgIpc) is 2.34. The maximum atomic E-state index is 11.7. The fraction of sp³-hybridized carbons (Fsp3) is 0.909. The summed E-state index contributed by atoms with van der Waals surface area (Å²) in [6.07, 6.45) is 3.50. The van der Waals surface area contributed by atoms with E-state index in [1.54, 1.807) is 0 Å². The van der Waals surface area contributed by atoms with E-state index in [4.69, 9.17) is 9.84 Å². The highest BCUT2D eigenvalue weighted by molar-refractivity contribution is 5.78. The summed E-state index contributed by atoms with van der Waals surface area (Å²) in [5.41, 5.74) is 0. The minimum Gasteiger partial charge on any atom is -0.394 e. The second-order valence-corrected chi connectivity index (χ2v) is 3.95. The summed E-state index contributed by atoms with van der Waals surface area (Å²) in [6.45, 7) is 3.80. The van der Waals surface area contributed by atoms with Gasteiger partial charge >= 0.3 is 0 Å². The number of nitrogens with zero attached hydrogens (tertiary/aromatic N) is 1. The zero-order chi connectivity index (χ0) is 11.6. The van der Waals surface area contributed by atoms with Crippen molar-refractivity contribution in [3.05, 3.63) is 0 Å². The molecular weight excluding hydrogens is 208 g/mol. The van der Waals surface area contributed by atoms with Crippen LogP contribution < -0.4 is 5.32 Å². The quantitative estimate of drug-likeness (QED) is 0.584. The van der Waals surface area contributed by atoms with Crippen LogP contribution in [0.1, 0.15) is 19.3 Å². The molecule has 1 fully saturated rings. The van der Waals surface area contributed by atoms with Crippen LogP contribution in [0, 0.1) is 0 Å². The van der Waals surface area contributed by atoms with Crippen LogP contribution in [0.15, 0.2) is 0 Å². The van der Waals surface area contributed by atoms with E-state index in [0.29, 0.717) is 26.3 Å². The minimum absolute atomic E-state index is 0.0483. The van der Waals surface area contributed by atoms with Crippen molar-refractivity contribution in [2.75, 3.05) is 46.0 Å². The summed E-state index contributed by atoms with van der Waals surface area (Å²) in [5, 5.41) is 11.5. The second-order valence-electron chi connectivity index (χ2n) is 3.95. The van der Waals surface area contributed by atoms with E-state index >= 15 is 0 Å². The Morgan fingerprint density at radius 1 is 1.25 bits per heavy atom. The lowest BCUT2D eigenvalue weighted by molar-refractivity contribution is -0.131. The Hall–Kier alpha value is -0.650. The predicted molar refractivity (Wildman–Crippen MR) is 61.2 cm³/mol. The number of nitrogens with one attached hydrogen (secondary N) is 1. The van der Waals surface area contributed by atoms with Gasteiger partial charge in [-0.05, 0) is 19.3 Å². The van der Waals surface area contributed by atoms with Crippen LogP contribution in [0.4, 0.5) is 0 Å². The predicted octanol–water partition coefficient (Wildman–Crippen LogP) is -0.403. The first-order chi connectivity index (χ1) is 7.84. The fourth-order valence-corrected chi connectivity index (χ4v) is 1.76. The molecule has 0 atom stereocenters. The van der Waals surface area contributed by atoms with Crippen LogP contribution in [-0.4, -0.2) is 61.9 Å². The maximum absolute atomic E-state index is 11.7. The first kappa shape index (κ1) is 13.4. The van der Waals surface area contributed by atoms with E-state index < -0.39 is 0 Å². The molecule has 94 valence electrons. The molecule has 16 heavy (non-hydrogen) atoms. The van der Waals surface area contributed by atoms with Crippen molar-refractivity contribution in [2.45, 2.75) is 19.3 Å². The third kappa shape index (κ3) is 5.44. The molecule has 0 bridgehead atoms. The van der Waals surface area contributed by atoms with Gasteiger partial charge in [-0.2, -0.15) is 0 Å². The van der Waals surface area contributed by atoms with E-state index in [1.807, 2.05) is 4.90 Å². The van der Waals surface area contributed by atoms with Crippen molar-refractivity contribution < 1.29 is 14.6 Å². The molecule has 1 rings (SSSR count). The van der Waals surface area contributed by atoms with Crippen LogP contribution in [-0.2, 0) is 9.53 Å². The van der Waals surface area contributed by atoms with E-state index in [1.165, 1.54) is 6.42 Å². The summed E-state index contributed by atoms with van der Waals surface area (Å²) < 4.78 is 5.07. The summed E-state index contributed by atoms with van der Waals surface area (Å²) in [6, 6.07) is 0. The number of likely N-dealkylation sites (tertiary alicyclic amines) is 1. The zero-order valence-corrected chi connectivity index (χ0v) is 9.78. The highest BCUT2D eigenvalue weighted by atomic mass is 16.5. The molecule has 1 heterocycles. The summed E-state index contributed by atoms with van der Waals surface area (Å²) >= 11 is 0. The molecule has 1 aliphatic heterocycles. The van der Waals surface area contributed by atoms with E-state index in [-0.39, 0.29) is 12.5 Å². The summed E-state index contributed by atoms with van der Waals surface area (Å²) in [4.78, 5) is 13.6. The maximum Gasteiger partial charge on any atom is 0.236 e. The van der Waals surface area contributed by atoms with Gasteiger partial charge in [0.2, 0.25) is 5.91 Å². The molecule has 0 spiro atoms. The van der Waals surface area contributed by atoms with Gasteiger partial charge in [0.05, 0.1) is 26.4 Å². The first-order valence-electron chi connectivity index (χ1n) is 6.01. The molecule has 5 nitrogen and oxygen atoms in total. The van der Waals surface area contributed by atoms with Crippen molar-refractivity contribution >= 4 is 5.91 Å². The molecular formula is C11H22N2O3. The number of rotatable bonds is 7. The molecule has 0 saturated carbocycles. The van der Waals surface area contributed by atoms with E-state index in [2.05, 4.69) is 5.32 Å². The Morgan fingerprint density at radius 3 is 2.69 bits per heavy atom. The molecule has 1 aliphatic rings. The summed E-state index contributed by atoms with van der Waals surface area (Å²) in [7, 11) is 0. The van der Waals surface area contributed by atoms with Gasteiger partial charge in [0.25, 0.3) is 0 Å². The lowest BCUT2D eigenvalue weighted by Gasteiger charge is -2.26. The standard InChI is InChI=1S/C11H22N2O3/c14-7-9-16-8-4-12-10-11(15)13-5-2-1-3-6-13/h12,14H,1-10H2. The Morgan fingerprint density at radius 2 is 2.00 bits per heavy atom. The summed E-state index contributed by atoms with van der Waals surface area (Å²) in [5.74, 6) is 0.182. The zero-order valence-electron chi connectivity index (χ0n) is 9.78. The number of aliphatic hydroxyl groups excluding tert-OH is 1. The van der Waals surface area contributed by atoms with Crippen LogP contribution in [0.5, 0.6) is 0 Å². The number of amides is 1. The number of hydrogen-bond acceptors (Lipinski definition) is 4. The van der Waals surface area contributed by atoms with Crippen LogP contribution >= 0.6 is 0 Å². The number of hydrogen-bond donors (Lipinski definition) is 2. The lowest BCUT2D eigenvalue weighted by atomic mass is 10.1. The molecule has 5 heteroatoms. The SMILES string of the molecule is O=C(CNCCOCCO)N1CCCCC1. The monoisotopic (exact) mass is 230 g/mol. The number of piperidine rings is 1. The molecule has 1 amide bonds. The van der Waals surface area contributed by atoms with Gasteiger partial charge in [-0.25, -0.2) is 0 Å². The third-order valence-electron chi connectivity index (χ3n) is 2.64. The van der Waals surface area contributed by atoms with Gasteiger partial charge in [-0.1, -0.05) is 0 Å². The molecule has 0 aromatic heterocycles. The largest absolute Gasteiger partial charge is 0.394 e. The van der Waals surface area contributed by atoms with Crippen LogP contribution in [0.2, 0.25) is 0 Å². The smallest absolute Gasteiger partial charge is 0.236 e. The topological polar surface area (TPSA) is 61.8 Å². The molecule has 0 radical (unpaired) electrons. The number of carbonyl (C=O) groups excluding carboxylic acids is 1. The highest BCUT2D eigenvalue weighted by Crippen LogP contribution is 2.07. The average molecular weight is 230 g/mol. The van der Waals surface area contributed by atoms with Crippen molar-refractivity contribution in [2.24, 2.45) is 0 Å². The van der Waals surface area contributed by atoms with Gasteiger partial charge in [0.15, 0.2) is 0 Å². The van der Waals surface area contributed by atoms with Crippen molar-refractivity contribution in [3.8, 4) is 0 Å². The van der Waals surface area contributed by atoms with Crippen molar-refractivity contribution in [1.82, 2.24) is 10.2 Å². The molecule has 0 unspecified atom stereocenters. The Bertz CT molecular complexity index is 194. The number of carbonyl (C=O) groups is 1. The lowest BCUT2D eigenvalue weighted by Crippen LogP contribution is -2.41. The van der Waals surface area contributed by atoms with Gasteiger partial charge < -0.3 is 20.1 Å². The molecule has 2 N–H and O–H groups in total. The molecule has 0 aromatic carbocycles. The minimum atomic E-state index is 0.0483. The highest BCUT2D eigenvalue weighted by Gasteiger charge is 2.15. The second kappa shape index (κ2) is 8.50. The van der Waals surface area contributed by atoms with Gasteiger partial charge in [0, 0.05) is 19.6 Å². The molecule has 1 saturated heterocycles.